The monoisotopic (exact) mass is 281 g/mol. The van der Waals surface area contributed by atoms with Crippen LogP contribution in [-0.4, -0.2) is 29.6 Å². The molecule has 1 heterocycles. The molecule has 2 rings (SSSR count). The number of carbonyl (C=O) groups excluding carboxylic acids is 2. The van der Waals surface area contributed by atoms with Gasteiger partial charge >= 0.3 is 5.97 Å². The topological polar surface area (TPSA) is 46.6 Å². The molecule has 0 bridgehead atoms. The van der Waals surface area contributed by atoms with E-state index in [1.807, 2.05) is 0 Å². The van der Waals surface area contributed by atoms with Gasteiger partial charge in [0.1, 0.15) is 5.82 Å². The van der Waals surface area contributed by atoms with Crippen LogP contribution in [0, 0.1) is 5.82 Å². The normalized spacial score (nSPS) is 17.1. The molecule has 0 aromatic heterocycles. The Kier molecular flexibility index (Phi) is 4.21. The van der Waals surface area contributed by atoms with Gasteiger partial charge in [-0.2, -0.15) is 0 Å². The zero-order chi connectivity index (χ0) is 13.8. The van der Waals surface area contributed by atoms with Gasteiger partial charge in [-0.1, -0.05) is 23.9 Å². The molecular weight excluding hydrogens is 269 g/mol. The molecule has 100 valence electrons. The molecule has 6 heteroatoms. The fourth-order valence-electron chi connectivity index (χ4n) is 1.68. The Labute approximate surface area is 114 Å². The first-order valence-corrected chi connectivity index (χ1v) is 6.56. The molecule has 1 aliphatic heterocycles. The molecule has 1 saturated heterocycles. The number of nitrogens with zero attached hydrogens (tertiary/aromatic N) is 1. The molecule has 0 atom stereocenters. The number of esters is 1. The van der Waals surface area contributed by atoms with E-state index in [0.717, 1.165) is 0 Å². The van der Waals surface area contributed by atoms with Crippen LogP contribution >= 0.6 is 11.8 Å². The van der Waals surface area contributed by atoms with Gasteiger partial charge in [0.15, 0.2) is 0 Å². The predicted octanol–water partition coefficient (Wildman–Crippen LogP) is 1.92. The zero-order valence-electron chi connectivity index (χ0n) is 10.3. The summed E-state index contributed by atoms with van der Waals surface area (Å²) in [4.78, 5) is 24.4. The van der Waals surface area contributed by atoms with Gasteiger partial charge < -0.3 is 9.64 Å². The number of carbonyl (C=O) groups is 2. The van der Waals surface area contributed by atoms with Crippen molar-refractivity contribution < 1.29 is 18.7 Å². The highest BCUT2D eigenvalue weighted by Crippen LogP contribution is 2.30. The predicted molar refractivity (Wildman–Crippen MR) is 69.5 cm³/mol. The lowest BCUT2D eigenvalue weighted by Crippen LogP contribution is -2.24. The van der Waals surface area contributed by atoms with Crippen molar-refractivity contribution in [3.8, 4) is 0 Å². The van der Waals surface area contributed by atoms with Crippen molar-refractivity contribution >= 4 is 23.6 Å². The van der Waals surface area contributed by atoms with E-state index < -0.39 is 5.97 Å². The summed E-state index contributed by atoms with van der Waals surface area (Å²) in [6.45, 7) is 0.242. The van der Waals surface area contributed by atoms with Crippen molar-refractivity contribution in [3.63, 3.8) is 0 Å². The maximum atomic E-state index is 13.1. The van der Waals surface area contributed by atoms with Crippen LogP contribution in [0.1, 0.15) is 5.56 Å². The largest absolute Gasteiger partial charge is 0.466 e. The molecule has 1 aliphatic rings. The lowest BCUT2D eigenvalue weighted by Gasteiger charge is -2.16. The molecule has 19 heavy (non-hydrogen) atoms. The minimum absolute atomic E-state index is 0.107. The van der Waals surface area contributed by atoms with Crippen LogP contribution in [0.5, 0.6) is 0 Å². The van der Waals surface area contributed by atoms with Crippen LogP contribution < -0.4 is 0 Å². The van der Waals surface area contributed by atoms with Gasteiger partial charge in [0.25, 0.3) is 0 Å². The van der Waals surface area contributed by atoms with E-state index in [2.05, 4.69) is 4.74 Å². The molecule has 1 amide bonds. The molecule has 0 spiro atoms. The highest BCUT2D eigenvalue weighted by Gasteiger charge is 2.27. The van der Waals surface area contributed by atoms with E-state index in [1.54, 1.807) is 12.1 Å². The Hall–Kier alpha value is -1.82. The number of thioether (sulfide) groups is 1. The summed E-state index contributed by atoms with van der Waals surface area (Å²) in [5.74, 6) is -0.695. The quantitative estimate of drug-likeness (QED) is 0.627. The van der Waals surface area contributed by atoms with Gasteiger partial charge in [0.2, 0.25) is 5.91 Å². The van der Waals surface area contributed by atoms with Crippen molar-refractivity contribution in [3.05, 3.63) is 46.8 Å². The molecule has 0 N–H and O–H groups in total. The van der Waals surface area contributed by atoms with E-state index in [4.69, 9.17) is 0 Å². The first kappa shape index (κ1) is 13.6. The first-order valence-electron chi connectivity index (χ1n) is 5.57. The summed E-state index contributed by atoms with van der Waals surface area (Å²) in [6, 6.07) is 6.03. The van der Waals surface area contributed by atoms with Gasteiger partial charge in [-0.25, -0.2) is 9.18 Å². The molecule has 1 aromatic carbocycles. The summed E-state index contributed by atoms with van der Waals surface area (Å²) in [6.07, 6.45) is 1.27. The summed E-state index contributed by atoms with van der Waals surface area (Å²) < 4.78 is 17.6. The summed E-state index contributed by atoms with van der Waals surface area (Å²) in [5.41, 5.74) is 0.673. The van der Waals surface area contributed by atoms with E-state index in [9.17, 15) is 14.0 Å². The third kappa shape index (κ3) is 3.35. The fraction of sp³-hybridized carbons (Fsp3) is 0.231. The molecule has 4 nitrogen and oxygen atoms in total. The Bertz CT molecular complexity index is 544. The number of ether oxygens (including phenoxy) is 1. The van der Waals surface area contributed by atoms with Crippen LogP contribution in [0.25, 0.3) is 0 Å². The number of amides is 1. The second-order valence-electron chi connectivity index (χ2n) is 3.90. The van der Waals surface area contributed by atoms with Crippen LogP contribution in [0.4, 0.5) is 4.39 Å². The maximum Gasteiger partial charge on any atom is 0.333 e. The smallest absolute Gasteiger partial charge is 0.333 e. The number of hydrogen-bond donors (Lipinski definition) is 0. The lowest BCUT2D eigenvalue weighted by atomic mass is 10.2. The third-order valence-electron chi connectivity index (χ3n) is 2.58. The molecule has 0 saturated carbocycles. The summed E-state index contributed by atoms with van der Waals surface area (Å²) in [7, 11) is 1.28. The molecule has 1 aromatic rings. The molecular formula is C13H12FNO3S. The van der Waals surface area contributed by atoms with E-state index in [-0.39, 0.29) is 24.0 Å². The number of rotatable bonds is 3. The Morgan fingerprint density at radius 2 is 2.37 bits per heavy atom. The van der Waals surface area contributed by atoms with Gasteiger partial charge in [-0.15, -0.1) is 0 Å². The minimum atomic E-state index is -0.513. The molecule has 0 unspecified atom stereocenters. The minimum Gasteiger partial charge on any atom is -0.466 e. The average molecular weight is 281 g/mol. The van der Waals surface area contributed by atoms with Crippen LogP contribution in [0.2, 0.25) is 0 Å². The highest BCUT2D eigenvalue weighted by atomic mass is 32.2. The Morgan fingerprint density at radius 3 is 3.05 bits per heavy atom. The standard InChI is InChI=1S/C13H12FNO3S/c1-18-13(17)6-12-15(11(16)8-19-12)7-9-3-2-4-10(14)5-9/h2-6H,7-8H2,1H3/b12-6+. The Balaban J connectivity index is 2.18. The third-order valence-corrected chi connectivity index (χ3v) is 3.61. The molecule has 0 aliphatic carbocycles. The van der Waals surface area contributed by atoms with Gasteiger partial charge in [0.05, 0.1) is 30.5 Å². The zero-order valence-corrected chi connectivity index (χ0v) is 11.1. The molecule has 0 radical (unpaired) electrons. The second-order valence-corrected chi connectivity index (χ2v) is 4.90. The van der Waals surface area contributed by atoms with Crippen molar-refractivity contribution in [1.29, 1.82) is 0 Å². The number of methoxy groups -OCH3 is 1. The second kappa shape index (κ2) is 5.88. The highest BCUT2D eigenvalue weighted by molar-refractivity contribution is 8.04. The first-order chi connectivity index (χ1) is 9.10. The van der Waals surface area contributed by atoms with Gasteiger partial charge in [0, 0.05) is 0 Å². The maximum absolute atomic E-state index is 13.1. The lowest BCUT2D eigenvalue weighted by molar-refractivity contribution is -0.134. The Morgan fingerprint density at radius 1 is 1.58 bits per heavy atom. The van der Waals surface area contributed by atoms with Crippen molar-refractivity contribution in [2.24, 2.45) is 0 Å². The average Bonchev–Trinajstić information content (AvgIpc) is 2.71. The number of halogens is 1. The SMILES string of the molecule is COC(=O)/C=C1/SCC(=O)N1Cc1cccc(F)c1. The van der Waals surface area contributed by atoms with Crippen molar-refractivity contribution in [1.82, 2.24) is 4.90 Å². The van der Waals surface area contributed by atoms with E-state index in [0.29, 0.717) is 10.6 Å². The number of hydrogen-bond acceptors (Lipinski definition) is 4. The summed E-state index contributed by atoms with van der Waals surface area (Å²) in [5, 5.41) is 0.529. The fourth-order valence-corrected chi connectivity index (χ4v) is 2.61. The van der Waals surface area contributed by atoms with Crippen LogP contribution in [-0.2, 0) is 20.9 Å². The van der Waals surface area contributed by atoms with Crippen molar-refractivity contribution in [2.45, 2.75) is 6.54 Å². The van der Waals surface area contributed by atoms with E-state index in [1.165, 1.54) is 42.0 Å². The van der Waals surface area contributed by atoms with Crippen LogP contribution in [0.3, 0.4) is 0 Å². The van der Waals surface area contributed by atoms with Gasteiger partial charge in [-0.3, -0.25) is 4.79 Å². The van der Waals surface area contributed by atoms with Gasteiger partial charge in [-0.05, 0) is 17.7 Å². The van der Waals surface area contributed by atoms with Crippen molar-refractivity contribution in [2.75, 3.05) is 12.9 Å². The number of benzene rings is 1. The summed E-state index contributed by atoms with van der Waals surface area (Å²) >= 11 is 1.27. The van der Waals surface area contributed by atoms with E-state index >= 15 is 0 Å². The van der Waals surface area contributed by atoms with Crippen LogP contribution in [0.15, 0.2) is 35.4 Å². The molecule has 1 fully saturated rings.